The molecule has 2 atom stereocenters. The third-order valence-corrected chi connectivity index (χ3v) is 6.02. The van der Waals surface area contributed by atoms with E-state index >= 15 is 0 Å². The van der Waals surface area contributed by atoms with Crippen LogP contribution in [0.2, 0.25) is 0 Å². The van der Waals surface area contributed by atoms with E-state index in [0.717, 1.165) is 16.7 Å². The summed E-state index contributed by atoms with van der Waals surface area (Å²) >= 11 is 0. The summed E-state index contributed by atoms with van der Waals surface area (Å²) in [5, 5.41) is 8.54. The average Bonchev–Trinajstić information content (AvgIpc) is 2.91. The predicted molar refractivity (Wildman–Crippen MR) is 139 cm³/mol. The number of aliphatic hydroxyl groups is 1. The lowest BCUT2D eigenvalue weighted by molar-refractivity contribution is -0.113. The third kappa shape index (κ3) is 12.2. The van der Waals surface area contributed by atoms with Crippen molar-refractivity contribution in [3.05, 3.63) is 102 Å². The highest BCUT2D eigenvalue weighted by Gasteiger charge is 2.25. The van der Waals surface area contributed by atoms with Crippen molar-refractivity contribution >= 4 is 16.4 Å². The van der Waals surface area contributed by atoms with Crippen molar-refractivity contribution in [2.24, 2.45) is 0 Å². The van der Waals surface area contributed by atoms with Crippen LogP contribution < -0.4 is 0 Å². The zero-order valence-electron chi connectivity index (χ0n) is 20.9. The van der Waals surface area contributed by atoms with Crippen molar-refractivity contribution in [1.29, 1.82) is 0 Å². The molecule has 1 unspecified atom stereocenters. The number of benzene rings is 3. The second kappa shape index (κ2) is 17.5. The van der Waals surface area contributed by atoms with E-state index in [1.807, 2.05) is 81.4 Å². The van der Waals surface area contributed by atoms with Crippen LogP contribution in [0.25, 0.3) is 0 Å². The molecule has 0 aliphatic rings. The van der Waals surface area contributed by atoms with E-state index in [1.54, 1.807) is 12.1 Å². The van der Waals surface area contributed by atoms with Gasteiger partial charge in [0.05, 0.1) is 24.7 Å². The Labute approximate surface area is 213 Å². The summed E-state index contributed by atoms with van der Waals surface area (Å²) < 4.78 is 48.8. The number of rotatable bonds is 11. The summed E-state index contributed by atoms with van der Waals surface area (Å²) in [6.07, 6.45) is -3.21. The highest BCUT2D eigenvalue weighted by atomic mass is 32.2. The Morgan fingerprint density at radius 2 is 1.42 bits per heavy atom. The smallest absolute Gasteiger partial charge is 0.297 e. The number of hydrogen-bond acceptors (Lipinski definition) is 6. The molecule has 0 fully saturated rings. The van der Waals surface area contributed by atoms with Crippen molar-refractivity contribution in [3.8, 4) is 0 Å². The van der Waals surface area contributed by atoms with Crippen LogP contribution >= 0.6 is 0 Å². The summed E-state index contributed by atoms with van der Waals surface area (Å²) in [5.41, 5.74) is 2.75. The molecule has 6 nitrogen and oxygen atoms in total. The molecular formula is C28H35FO6S. The minimum atomic E-state index is -4.09. The van der Waals surface area contributed by atoms with Gasteiger partial charge in [-0.25, -0.2) is 4.39 Å². The lowest BCUT2D eigenvalue weighted by Crippen LogP contribution is -2.27. The molecule has 0 amide bonds. The summed E-state index contributed by atoms with van der Waals surface area (Å²) in [5.74, 6) is 0. The zero-order chi connectivity index (χ0) is 26.8. The molecule has 0 radical (unpaired) electrons. The van der Waals surface area contributed by atoms with Crippen molar-refractivity contribution in [2.75, 3.05) is 6.61 Å². The molecule has 0 saturated carbocycles. The fourth-order valence-corrected chi connectivity index (χ4v) is 3.92. The first-order valence-corrected chi connectivity index (χ1v) is 13.1. The van der Waals surface area contributed by atoms with E-state index in [4.69, 9.17) is 14.0 Å². The van der Waals surface area contributed by atoms with Gasteiger partial charge >= 0.3 is 0 Å². The number of alkyl halides is 1. The molecule has 3 aromatic carbocycles. The van der Waals surface area contributed by atoms with Crippen molar-refractivity contribution in [3.63, 3.8) is 0 Å². The number of aldehydes is 1. The van der Waals surface area contributed by atoms with Gasteiger partial charge in [0, 0.05) is 6.42 Å². The lowest BCUT2D eigenvalue weighted by Gasteiger charge is -2.18. The van der Waals surface area contributed by atoms with Gasteiger partial charge in [-0.3, -0.25) is 4.18 Å². The summed E-state index contributed by atoms with van der Waals surface area (Å²) in [6, 6.07) is 24.9. The van der Waals surface area contributed by atoms with Crippen LogP contribution in [0.3, 0.4) is 0 Å². The lowest BCUT2D eigenvalue weighted by atomic mass is 10.2. The molecule has 0 heterocycles. The van der Waals surface area contributed by atoms with Gasteiger partial charge in [0.1, 0.15) is 6.10 Å². The van der Waals surface area contributed by atoms with Crippen LogP contribution in [0.1, 0.15) is 37.0 Å². The molecule has 0 bridgehead atoms. The second-order valence-electron chi connectivity index (χ2n) is 7.52. The molecule has 8 heteroatoms. The Morgan fingerprint density at radius 3 is 1.89 bits per heavy atom. The van der Waals surface area contributed by atoms with Crippen LogP contribution in [-0.4, -0.2) is 38.7 Å². The molecule has 3 rings (SSSR count). The van der Waals surface area contributed by atoms with Crippen molar-refractivity contribution in [1.82, 2.24) is 0 Å². The van der Waals surface area contributed by atoms with Gasteiger partial charge in [0.25, 0.3) is 10.1 Å². The van der Waals surface area contributed by atoms with Gasteiger partial charge in [0.2, 0.25) is 0 Å². The number of carbonyl (C=O) groups is 1. The van der Waals surface area contributed by atoms with Gasteiger partial charge in [0.15, 0.2) is 12.5 Å². The molecule has 1 N–H and O–H groups in total. The number of halogens is 1. The fourth-order valence-electron chi connectivity index (χ4n) is 2.85. The highest BCUT2D eigenvalue weighted by Crippen LogP contribution is 2.18. The number of aryl methyl sites for hydroxylation is 1. The second-order valence-corrected chi connectivity index (χ2v) is 9.09. The minimum Gasteiger partial charge on any atom is -0.392 e. The molecule has 3 aromatic rings. The van der Waals surface area contributed by atoms with Crippen LogP contribution in [0.15, 0.2) is 89.8 Å². The first kappa shape index (κ1) is 31.1. The monoisotopic (exact) mass is 518 g/mol. The van der Waals surface area contributed by atoms with Crippen molar-refractivity contribution in [2.45, 2.75) is 57.6 Å². The Hall–Kier alpha value is -2.91. The van der Waals surface area contributed by atoms with Gasteiger partial charge in [-0.15, -0.1) is 0 Å². The van der Waals surface area contributed by atoms with Gasteiger partial charge in [-0.2, -0.15) is 8.42 Å². The predicted octanol–water partition coefficient (Wildman–Crippen LogP) is 5.42. The first-order chi connectivity index (χ1) is 17.3. The average molecular weight is 519 g/mol. The number of aliphatic hydroxyl groups excluding tert-OH is 1. The summed E-state index contributed by atoms with van der Waals surface area (Å²) in [6.45, 7) is 6.04. The Morgan fingerprint density at radius 1 is 0.889 bits per heavy atom. The van der Waals surface area contributed by atoms with E-state index in [2.05, 4.69) is 0 Å². The first-order valence-electron chi connectivity index (χ1n) is 11.7. The van der Waals surface area contributed by atoms with Crippen LogP contribution in [0, 0.1) is 6.92 Å². The van der Waals surface area contributed by atoms with E-state index in [-0.39, 0.29) is 31.0 Å². The summed E-state index contributed by atoms with van der Waals surface area (Å²) in [7, 11) is -4.09. The number of hydrogen-bond donors (Lipinski definition) is 1. The maximum Gasteiger partial charge on any atom is 0.297 e. The van der Waals surface area contributed by atoms with E-state index in [0.29, 0.717) is 0 Å². The van der Waals surface area contributed by atoms with Crippen LogP contribution in [0.4, 0.5) is 4.39 Å². The highest BCUT2D eigenvalue weighted by molar-refractivity contribution is 7.86. The molecule has 0 saturated heterocycles. The standard InChI is InChI=1S/C19H21FO5S.C7H8O.C2H6/c1-15-7-9-19(10-8-15)26(22,23)25-18(11-17(20)12-21)14-24-13-16-5-3-2-4-6-16;8-6-7-4-2-1-3-5-7;1-2/h2-10,12,17-18H,11,13-14H2,1H3;1-5,8H,6H2;1-2H3/t17?,18-;;/m1../s1. The minimum absolute atomic E-state index is 0.0299. The van der Waals surface area contributed by atoms with Crippen molar-refractivity contribution < 1.29 is 31.6 Å². The maximum absolute atomic E-state index is 13.5. The number of carbonyl (C=O) groups excluding carboxylic acids is 1. The molecule has 0 spiro atoms. The molecular weight excluding hydrogens is 483 g/mol. The molecule has 0 aliphatic heterocycles. The van der Waals surface area contributed by atoms with Crippen LogP contribution in [-0.2, 0) is 37.0 Å². The summed E-state index contributed by atoms with van der Waals surface area (Å²) in [4.78, 5) is 10.6. The van der Waals surface area contributed by atoms with Gasteiger partial charge in [-0.05, 0) is 30.2 Å². The third-order valence-electron chi connectivity index (χ3n) is 4.65. The molecule has 0 aromatic heterocycles. The molecule has 0 aliphatic carbocycles. The van der Waals surface area contributed by atoms with E-state index in [9.17, 15) is 17.6 Å². The Kier molecular flexibility index (Phi) is 15.1. The quantitative estimate of drug-likeness (QED) is 0.269. The Bertz CT molecular complexity index is 1070. The Balaban J connectivity index is 0.000000543. The van der Waals surface area contributed by atoms with Gasteiger partial charge < -0.3 is 14.6 Å². The largest absolute Gasteiger partial charge is 0.392 e. The molecule has 196 valence electrons. The van der Waals surface area contributed by atoms with E-state index < -0.39 is 28.8 Å². The fraction of sp³-hybridized carbons (Fsp3) is 0.321. The topological polar surface area (TPSA) is 89.9 Å². The molecule has 36 heavy (non-hydrogen) atoms. The van der Waals surface area contributed by atoms with Crippen LogP contribution in [0.5, 0.6) is 0 Å². The SMILES string of the molecule is CC.Cc1ccc(S(=O)(=O)O[C@@H](COCc2ccccc2)CC(F)C=O)cc1.OCc1ccccc1. The maximum atomic E-state index is 13.5. The normalized spacial score (nSPS) is 12.2. The van der Waals surface area contributed by atoms with E-state index in [1.165, 1.54) is 12.1 Å². The van der Waals surface area contributed by atoms with Gasteiger partial charge in [-0.1, -0.05) is 92.2 Å². The zero-order valence-corrected chi connectivity index (χ0v) is 21.7. The number of ether oxygens (including phenoxy) is 1.